The normalized spacial score (nSPS) is 13.1. The molecule has 0 atom stereocenters. The Labute approximate surface area is 174 Å². The second-order valence-electron chi connectivity index (χ2n) is 6.69. The van der Waals surface area contributed by atoms with Crippen molar-refractivity contribution < 1.29 is 19.1 Å². The minimum atomic E-state index is -0.269. The van der Waals surface area contributed by atoms with Gasteiger partial charge < -0.3 is 25.0 Å². The molecule has 154 valence electrons. The number of benzene rings is 2. The van der Waals surface area contributed by atoms with Crippen LogP contribution >= 0.6 is 11.6 Å². The van der Waals surface area contributed by atoms with E-state index in [9.17, 15) is 9.59 Å². The van der Waals surface area contributed by atoms with E-state index >= 15 is 0 Å². The number of hydrogen-bond acceptors (Lipinski definition) is 5. The molecule has 2 N–H and O–H groups in total. The summed E-state index contributed by atoms with van der Waals surface area (Å²) in [7, 11) is 3.09. The summed E-state index contributed by atoms with van der Waals surface area (Å²) < 4.78 is 10.4. The second kappa shape index (κ2) is 9.52. The smallest absolute Gasteiger partial charge is 0.256 e. The van der Waals surface area contributed by atoms with Gasteiger partial charge in [0.2, 0.25) is 5.91 Å². The maximum Gasteiger partial charge on any atom is 0.256 e. The highest BCUT2D eigenvalue weighted by atomic mass is 35.5. The van der Waals surface area contributed by atoms with Crippen molar-refractivity contribution in [1.82, 2.24) is 4.90 Å². The van der Waals surface area contributed by atoms with E-state index in [2.05, 4.69) is 10.6 Å². The number of hydrogen-bond donors (Lipinski definition) is 2. The monoisotopic (exact) mass is 417 g/mol. The fraction of sp³-hybridized carbons (Fsp3) is 0.333. The Kier molecular flexibility index (Phi) is 6.82. The molecular weight excluding hydrogens is 394 g/mol. The highest BCUT2D eigenvalue weighted by molar-refractivity contribution is 6.31. The molecule has 2 aromatic carbocycles. The highest BCUT2D eigenvalue weighted by Gasteiger charge is 2.22. The van der Waals surface area contributed by atoms with Gasteiger partial charge in [0, 0.05) is 47.7 Å². The van der Waals surface area contributed by atoms with Crippen molar-refractivity contribution in [3.05, 3.63) is 47.0 Å². The van der Waals surface area contributed by atoms with E-state index in [0.29, 0.717) is 33.5 Å². The topological polar surface area (TPSA) is 79.9 Å². The fourth-order valence-electron chi connectivity index (χ4n) is 3.20. The Morgan fingerprint density at radius 1 is 1.03 bits per heavy atom. The lowest BCUT2D eigenvalue weighted by Gasteiger charge is -2.18. The van der Waals surface area contributed by atoms with Gasteiger partial charge in [-0.25, -0.2) is 0 Å². The first-order valence-corrected chi connectivity index (χ1v) is 9.73. The van der Waals surface area contributed by atoms with Gasteiger partial charge in [-0.1, -0.05) is 11.6 Å². The molecule has 1 saturated heterocycles. The van der Waals surface area contributed by atoms with E-state index in [1.807, 2.05) is 0 Å². The molecule has 0 bridgehead atoms. The molecule has 1 aliphatic rings. The Hall–Kier alpha value is -2.93. The van der Waals surface area contributed by atoms with E-state index in [-0.39, 0.29) is 18.4 Å². The first-order chi connectivity index (χ1) is 14.0. The van der Waals surface area contributed by atoms with Crippen LogP contribution in [0.2, 0.25) is 5.02 Å². The minimum Gasteiger partial charge on any atom is -0.497 e. The lowest BCUT2D eigenvalue weighted by Crippen LogP contribution is -2.29. The second-order valence-corrected chi connectivity index (χ2v) is 7.13. The summed E-state index contributed by atoms with van der Waals surface area (Å²) in [5.41, 5.74) is 1.59. The molecule has 0 aliphatic carbocycles. The summed E-state index contributed by atoms with van der Waals surface area (Å²) in [4.78, 5) is 27.0. The molecule has 0 unspecified atom stereocenters. The van der Waals surface area contributed by atoms with Crippen molar-refractivity contribution >= 4 is 34.8 Å². The Balaban J connectivity index is 1.68. The molecule has 3 rings (SSSR count). The van der Waals surface area contributed by atoms with Crippen LogP contribution in [-0.4, -0.2) is 50.6 Å². The predicted octanol–water partition coefficient (Wildman–Crippen LogP) is 3.64. The number of anilines is 2. The van der Waals surface area contributed by atoms with Crippen LogP contribution in [0.15, 0.2) is 36.4 Å². The summed E-state index contributed by atoms with van der Waals surface area (Å²) in [6.07, 6.45) is 2.00. The summed E-state index contributed by atoms with van der Waals surface area (Å²) in [6.45, 7) is 1.47. The standard InChI is InChI=1S/C21H24ClN3O4/c1-28-16-10-15(11-17(12-16)29-2)24-20(26)13-23-19-6-5-14(22)9-18(19)21(27)25-7-3-4-8-25/h5-6,9-12,23H,3-4,7-8,13H2,1-2H3,(H,24,26). The molecule has 1 aliphatic heterocycles. The van der Waals surface area contributed by atoms with Crippen LogP contribution in [0.4, 0.5) is 11.4 Å². The van der Waals surface area contributed by atoms with Crippen LogP contribution in [-0.2, 0) is 4.79 Å². The van der Waals surface area contributed by atoms with Crippen molar-refractivity contribution in [3.63, 3.8) is 0 Å². The number of nitrogens with zero attached hydrogens (tertiary/aromatic N) is 1. The van der Waals surface area contributed by atoms with Crippen molar-refractivity contribution in [2.75, 3.05) is 44.5 Å². The number of amides is 2. The fourth-order valence-corrected chi connectivity index (χ4v) is 3.37. The van der Waals surface area contributed by atoms with Crippen molar-refractivity contribution in [1.29, 1.82) is 0 Å². The maximum absolute atomic E-state index is 12.8. The summed E-state index contributed by atoms with van der Waals surface area (Å²) >= 11 is 6.09. The van der Waals surface area contributed by atoms with Gasteiger partial charge >= 0.3 is 0 Å². The molecule has 0 spiro atoms. The van der Waals surface area contributed by atoms with Crippen molar-refractivity contribution in [3.8, 4) is 11.5 Å². The first kappa shape index (κ1) is 20.8. The van der Waals surface area contributed by atoms with Gasteiger partial charge in [0.1, 0.15) is 11.5 Å². The Bertz CT molecular complexity index is 875. The lowest BCUT2D eigenvalue weighted by molar-refractivity contribution is -0.114. The number of rotatable bonds is 7. The highest BCUT2D eigenvalue weighted by Crippen LogP contribution is 2.26. The van der Waals surface area contributed by atoms with E-state index in [0.717, 1.165) is 25.9 Å². The van der Waals surface area contributed by atoms with Gasteiger partial charge in [-0.2, -0.15) is 0 Å². The molecule has 7 nitrogen and oxygen atoms in total. The number of halogens is 1. The zero-order valence-electron chi connectivity index (χ0n) is 16.5. The quantitative estimate of drug-likeness (QED) is 0.718. The maximum atomic E-state index is 12.8. The van der Waals surface area contributed by atoms with E-state index in [1.54, 1.807) is 55.5 Å². The van der Waals surface area contributed by atoms with Gasteiger partial charge in [-0.05, 0) is 31.0 Å². The number of ether oxygens (including phenoxy) is 2. The van der Waals surface area contributed by atoms with Crippen LogP contribution in [0.5, 0.6) is 11.5 Å². The predicted molar refractivity (Wildman–Crippen MR) is 113 cm³/mol. The largest absolute Gasteiger partial charge is 0.497 e. The van der Waals surface area contributed by atoms with Crippen LogP contribution in [0, 0.1) is 0 Å². The Morgan fingerprint density at radius 2 is 1.69 bits per heavy atom. The van der Waals surface area contributed by atoms with Gasteiger partial charge in [0.05, 0.1) is 26.3 Å². The van der Waals surface area contributed by atoms with Crippen LogP contribution in [0.3, 0.4) is 0 Å². The van der Waals surface area contributed by atoms with Crippen molar-refractivity contribution in [2.45, 2.75) is 12.8 Å². The van der Waals surface area contributed by atoms with Crippen molar-refractivity contribution in [2.24, 2.45) is 0 Å². The molecule has 0 radical (unpaired) electrons. The third-order valence-electron chi connectivity index (χ3n) is 4.68. The van der Waals surface area contributed by atoms with E-state index in [4.69, 9.17) is 21.1 Å². The third kappa shape index (κ3) is 5.32. The number of carbonyl (C=O) groups excluding carboxylic acids is 2. The molecule has 1 fully saturated rings. The molecule has 2 aromatic rings. The van der Waals surface area contributed by atoms with Gasteiger partial charge in [0.15, 0.2) is 0 Å². The van der Waals surface area contributed by atoms with Gasteiger partial charge in [-0.3, -0.25) is 9.59 Å². The SMILES string of the molecule is COc1cc(NC(=O)CNc2ccc(Cl)cc2C(=O)N2CCCC2)cc(OC)c1. The number of likely N-dealkylation sites (tertiary alicyclic amines) is 1. The average Bonchev–Trinajstić information content (AvgIpc) is 3.26. The van der Waals surface area contributed by atoms with Crippen LogP contribution in [0.1, 0.15) is 23.2 Å². The summed E-state index contributed by atoms with van der Waals surface area (Å²) in [6, 6.07) is 10.2. The molecule has 1 heterocycles. The summed E-state index contributed by atoms with van der Waals surface area (Å²) in [5, 5.41) is 6.31. The Morgan fingerprint density at radius 3 is 2.31 bits per heavy atom. The minimum absolute atomic E-state index is 0.0125. The zero-order chi connectivity index (χ0) is 20.8. The van der Waals surface area contributed by atoms with Crippen LogP contribution in [0.25, 0.3) is 0 Å². The lowest BCUT2D eigenvalue weighted by atomic mass is 10.1. The molecule has 29 heavy (non-hydrogen) atoms. The molecule has 0 saturated carbocycles. The first-order valence-electron chi connectivity index (χ1n) is 9.36. The summed E-state index contributed by atoms with van der Waals surface area (Å²) in [5.74, 6) is 0.799. The molecule has 0 aromatic heterocycles. The van der Waals surface area contributed by atoms with Crippen LogP contribution < -0.4 is 20.1 Å². The average molecular weight is 418 g/mol. The number of nitrogens with one attached hydrogen (secondary N) is 2. The number of carbonyl (C=O) groups is 2. The van der Waals surface area contributed by atoms with E-state index in [1.165, 1.54) is 0 Å². The number of methoxy groups -OCH3 is 2. The molecule has 8 heteroatoms. The van der Waals surface area contributed by atoms with Gasteiger partial charge in [0.25, 0.3) is 5.91 Å². The third-order valence-corrected chi connectivity index (χ3v) is 4.91. The molecule has 2 amide bonds. The molecular formula is C21H24ClN3O4. The zero-order valence-corrected chi connectivity index (χ0v) is 17.2. The van der Waals surface area contributed by atoms with E-state index < -0.39 is 0 Å². The van der Waals surface area contributed by atoms with Gasteiger partial charge in [-0.15, -0.1) is 0 Å².